The molecule has 0 atom stereocenters. The predicted molar refractivity (Wildman–Crippen MR) is 79.6 cm³/mol. The molecule has 1 aromatic carbocycles. The molecule has 0 aliphatic heterocycles. The highest BCUT2D eigenvalue weighted by molar-refractivity contribution is 9.10. The predicted octanol–water partition coefficient (Wildman–Crippen LogP) is 3.58. The maximum atomic E-state index is 5.73. The average molecular weight is 337 g/mol. The zero-order valence-corrected chi connectivity index (χ0v) is 12.9. The van der Waals surface area contributed by atoms with E-state index in [4.69, 9.17) is 9.26 Å². The van der Waals surface area contributed by atoms with Gasteiger partial charge in [0.25, 0.3) is 0 Å². The van der Waals surface area contributed by atoms with Crippen LogP contribution in [0.1, 0.15) is 29.9 Å². The van der Waals surface area contributed by atoms with Crippen LogP contribution in [0.4, 0.5) is 0 Å². The van der Waals surface area contributed by atoms with Gasteiger partial charge < -0.3 is 14.6 Å². The maximum absolute atomic E-state index is 5.73. The average Bonchev–Trinajstić information content (AvgIpc) is 3.17. The molecule has 1 fully saturated rings. The van der Waals surface area contributed by atoms with E-state index in [2.05, 4.69) is 38.5 Å². The Labute approximate surface area is 126 Å². The number of aromatic nitrogens is 1. The minimum atomic E-state index is 0.388. The van der Waals surface area contributed by atoms with Gasteiger partial charge in [0.2, 0.25) is 0 Å². The van der Waals surface area contributed by atoms with Gasteiger partial charge in [-0.1, -0.05) is 11.2 Å². The Hall–Kier alpha value is -1.33. The number of rotatable bonds is 6. The number of ether oxygens (including phenoxy) is 1. The summed E-state index contributed by atoms with van der Waals surface area (Å²) in [6, 6.07) is 8.76. The first-order valence-corrected chi connectivity index (χ1v) is 7.57. The van der Waals surface area contributed by atoms with Crippen LogP contribution in [-0.4, -0.2) is 11.2 Å². The van der Waals surface area contributed by atoms with Crippen LogP contribution in [0.5, 0.6) is 5.75 Å². The third kappa shape index (κ3) is 3.61. The number of aryl methyl sites for hydroxylation is 1. The molecule has 1 heterocycles. The molecule has 0 radical (unpaired) electrons. The van der Waals surface area contributed by atoms with Crippen molar-refractivity contribution in [2.45, 2.75) is 39.0 Å². The van der Waals surface area contributed by atoms with Crippen molar-refractivity contribution in [1.29, 1.82) is 0 Å². The standard InChI is InChI=1S/C15H17BrN2O2/c1-10-6-13(20-18-10)9-19-15-5-2-11(7-14(15)16)8-17-12-3-4-12/h2,5-7,12,17H,3-4,8-9H2,1H3. The third-order valence-corrected chi connectivity index (χ3v) is 3.83. The number of nitrogens with one attached hydrogen (secondary N) is 1. The highest BCUT2D eigenvalue weighted by atomic mass is 79.9. The SMILES string of the molecule is Cc1cc(COc2ccc(CNC3CC3)cc2Br)on1. The fourth-order valence-corrected chi connectivity index (χ4v) is 2.49. The molecule has 0 bridgehead atoms. The molecule has 1 aliphatic rings. The molecule has 5 heteroatoms. The quantitative estimate of drug-likeness (QED) is 0.875. The van der Waals surface area contributed by atoms with Crippen molar-refractivity contribution < 1.29 is 9.26 Å². The number of nitrogens with zero attached hydrogens (tertiary/aromatic N) is 1. The van der Waals surface area contributed by atoms with Crippen LogP contribution in [0, 0.1) is 6.92 Å². The lowest BCUT2D eigenvalue weighted by atomic mass is 10.2. The molecule has 4 nitrogen and oxygen atoms in total. The van der Waals surface area contributed by atoms with Crippen molar-refractivity contribution in [2.75, 3.05) is 0 Å². The molecule has 1 aliphatic carbocycles. The van der Waals surface area contributed by atoms with E-state index in [1.807, 2.05) is 19.1 Å². The zero-order valence-electron chi connectivity index (χ0n) is 11.4. The fraction of sp³-hybridized carbons (Fsp3) is 0.400. The summed E-state index contributed by atoms with van der Waals surface area (Å²) >= 11 is 3.55. The van der Waals surface area contributed by atoms with E-state index in [1.165, 1.54) is 18.4 Å². The van der Waals surface area contributed by atoms with Gasteiger partial charge in [0.15, 0.2) is 5.76 Å². The van der Waals surface area contributed by atoms with E-state index in [0.717, 1.165) is 34.3 Å². The van der Waals surface area contributed by atoms with Crippen molar-refractivity contribution in [3.8, 4) is 5.75 Å². The Kier molecular flexibility index (Phi) is 4.08. The minimum absolute atomic E-state index is 0.388. The summed E-state index contributed by atoms with van der Waals surface area (Å²) in [5.41, 5.74) is 2.12. The van der Waals surface area contributed by atoms with E-state index in [-0.39, 0.29) is 0 Å². The third-order valence-electron chi connectivity index (χ3n) is 3.22. The first-order valence-electron chi connectivity index (χ1n) is 6.77. The monoisotopic (exact) mass is 336 g/mol. The van der Waals surface area contributed by atoms with Crippen molar-refractivity contribution in [3.05, 3.63) is 45.8 Å². The Morgan fingerprint density at radius 3 is 2.90 bits per heavy atom. The summed E-state index contributed by atoms with van der Waals surface area (Å²) in [5, 5.41) is 7.33. The maximum Gasteiger partial charge on any atom is 0.174 e. The van der Waals surface area contributed by atoms with Crippen LogP contribution < -0.4 is 10.1 Å². The molecule has 106 valence electrons. The van der Waals surface area contributed by atoms with E-state index in [0.29, 0.717) is 6.61 Å². The first-order chi connectivity index (χ1) is 9.70. The molecule has 0 amide bonds. The van der Waals surface area contributed by atoms with Gasteiger partial charge in [-0.2, -0.15) is 0 Å². The molecular weight excluding hydrogens is 320 g/mol. The Balaban J connectivity index is 1.58. The number of benzene rings is 1. The largest absolute Gasteiger partial charge is 0.484 e. The summed E-state index contributed by atoms with van der Waals surface area (Å²) < 4.78 is 11.8. The zero-order chi connectivity index (χ0) is 13.9. The molecule has 0 unspecified atom stereocenters. The van der Waals surface area contributed by atoms with E-state index >= 15 is 0 Å². The van der Waals surface area contributed by atoms with E-state index in [9.17, 15) is 0 Å². The molecule has 1 saturated carbocycles. The van der Waals surface area contributed by atoms with Crippen molar-refractivity contribution in [1.82, 2.24) is 10.5 Å². The fourth-order valence-electron chi connectivity index (χ4n) is 1.95. The Morgan fingerprint density at radius 2 is 2.25 bits per heavy atom. The second-order valence-corrected chi connectivity index (χ2v) is 6.00. The van der Waals surface area contributed by atoms with E-state index < -0.39 is 0 Å². The minimum Gasteiger partial charge on any atom is -0.484 e. The van der Waals surface area contributed by atoms with Crippen LogP contribution in [0.25, 0.3) is 0 Å². The highest BCUT2D eigenvalue weighted by Gasteiger charge is 2.20. The first kappa shape index (κ1) is 13.6. The van der Waals surface area contributed by atoms with Crippen LogP contribution >= 0.6 is 15.9 Å². The summed E-state index contributed by atoms with van der Waals surface area (Å²) in [6.07, 6.45) is 2.61. The van der Waals surface area contributed by atoms with Gasteiger partial charge in [-0.3, -0.25) is 0 Å². The normalized spacial score (nSPS) is 14.5. The van der Waals surface area contributed by atoms with Gasteiger partial charge in [0, 0.05) is 18.7 Å². The topological polar surface area (TPSA) is 47.3 Å². The summed E-state index contributed by atoms with van der Waals surface area (Å²) in [7, 11) is 0. The van der Waals surface area contributed by atoms with Crippen LogP contribution in [-0.2, 0) is 13.2 Å². The summed E-state index contributed by atoms with van der Waals surface area (Å²) in [6.45, 7) is 3.19. The van der Waals surface area contributed by atoms with Crippen LogP contribution in [0.2, 0.25) is 0 Å². The van der Waals surface area contributed by atoms with Gasteiger partial charge in [0.05, 0.1) is 10.2 Å². The molecule has 1 N–H and O–H groups in total. The van der Waals surface area contributed by atoms with E-state index in [1.54, 1.807) is 0 Å². The van der Waals surface area contributed by atoms with Gasteiger partial charge in [-0.05, 0) is 53.4 Å². The number of hydrogen-bond acceptors (Lipinski definition) is 4. The molecular formula is C15H17BrN2O2. The van der Waals surface area contributed by atoms with Gasteiger partial charge in [-0.15, -0.1) is 0 Å². The van der Waals surface area contributed by atoms with Crippen LogP contribution in [0.15, 0.2) is 33.3 Å². The van der Waals surface area contributed by atoms with Crippen molar-refractivity contribution >= 4 is 15.9 Å². The molecule has 1 aromatic heterocycles. The summed E-state index contributed by atoms with van der Waals surface area (Å²) in [4.78, 5) is 0. The Morgan fingerprint density at radius 1 is 1.40 bits per heavy atom. The smallest absolute Gasteiger partial charge is 0.174 e. The second kappa shape index (κ2) is 5.97. The molecule has 0 spiro atoms. The second-order valence-electron chi connectivity index (χ2n) is 5.14. The Bertz CT molecular complexity index is 593. The molecule has 2 aromatic rings. The van der Waals surface area contributed by atoms with Gasteiger partial charge >= 0.3 is 0 Å². The lowest BCUT2D eigenvalue weighted by Crippen LogP contribution is -2.15. The molecule has 20 heavy (non-hydrogen) atoms. The highest BCUT2D eigenvalue weighted by Crippen LogP contribution is 2.27. The summed E-state index contributed by atoms with van der Waals surface area (Å²) in [5.74, 6) is 1.54. The lowest BCUT2D eigenvalue weighted by Gasteiger charge is -2.09. The van der Waals surface area contributed by atoms with Gasteiger partial charge in [0.1, 0.15) is 12.4 Å². The molecule has 0 saturated heterocycles. The number of halogens is 1. The number of hydrogen-bond donors (Lipinski definition) is 1. The van der Waals surface area contributed by atoms with Crippen molar-refractivity contribution in [2.24, 2.45) is 0 Å². The van der Waals surface area contributed by atoms with Crippen LogP contribution in [0.3, 0.4) is 0 Å². The van der Waals surface area contributed by atoms with Gasteiger partial charge in [-0.25, -0.2) is 0 Å². The molecule has 3 rings (SSSR count). The van der Waals surface area contributed by atoms with Crippen molar-refractivity contribution in [3.63, 3.8) is 0 Å². The lowest BCUT2D eigenvalue weighted by molar-refractivity contribution is 0.247.